The van der Waals surface area contributed by atoms with Crippen LogP contribution in [-0.4, -0.2) is 38.8 Å². The van der Waals surface area contributed by atoms with Crippen LogP contribution in [-0.2, 0) is 4.79 Å². The van der Waals surface area contributed by atoms with Gasteiger partial charge in [-0.1, -0.05) is 53.2 Å². The lowest BCUT2D eigenvalue weighted by atomic mass is 9.33. The van der Waals surface area contributed by atoms with Crippen LogP contribution in [0.1, 0.15) is 99.3 Å². The summed E-state index contributed by atoms with van der Waals surface area (Å²) >= 11 is 0. The van der Waals surface area contributed by atoms with Crippen molar-refractivity contribution in [2.75, 3.05) is 0 Å². The topological polar surface area (TPSA) is 98.0 Å². The van der Waals surface area contributed by atoms with E-state index >= 15 is 0 Å². The molecule has 4 saturated carbocycles. The lowest BCUT2D eigenvalue weighted by molar-refractivity contribution is -0.405. The van der Waals surface area contributed by atoms with Crippen molar-refractivity contribution in [3.63, 3.8) is 0 Å². The third kappa shape index (κ3) is 2.99. The van der Waals surface area contributed by atoms with Gasteiger partial charge in [-0.3, -0.25) is 0 Å². The van der Waals surface area contributed by atoms with E-state index in [-0.39, 0.29) is 34.0 Å². The van der Waals surface area contributed by atoms with E-state index in [2.05, 4.69) is 40.7 Å². The minimum absolute atomic E-state index is 0.0608. The maximum atomic E-state index is 12.6. The second kappa shape index (κ2) is 7.65. The molecule has 5 aliphatic carbocycles. The number of hydrogen-bond donors (Lipinski definition) is 4. The number of aliphatic hydroxyl groups excluding tert-OH is 1. The van der Waals surface area contributed by atoms with Crippen LogP contribution in [0.5, 0.6) is 0 Å². The number of carbonyl (C=O) groups is 1. The van der Waals surface area contributed by atoms with Crippen molar-refractivity contribution in [1.29, 1.82) is 0 Å². The van der Waals surface area contributed by atoms with Crippen molar-refractivity contribution in [2.45, 2.75) is 111 Å². The Balaban J connectivity index is 1.63. The Hall–Kier alpha value is -0.750. The summed E-state index contributed by atoms with van der Waals surface area (Å²) in [6.45, 7) is 13.5. The number of carbonyl (C=O) groups excluding carboxylic acids is 1. The maximum absolute atomic E-state index is 12.6. The Morgan fingerprint density at radius 3 is 2.23 bits per heavy atom. The predicted octanol–water partition coefficient (Wildman–Crippen LogP) is 4.81. The molecule has 0 amide bonds. The van der Waals surface area contributed by atoms with Crippen molar-refractivity contribution in [1.82, 2.24) is 0 Å². The number of rotatable bonds is 2. The molecule has 0 heterocycles. The van der Waals surface area contributed by atoms with E-state index in [4.69, 9.17) is 0 Å². The molecule has 2 unspecified atom stereocenters. The molecule has 5 rings (SSSR count). The van der Waals surface area contributed by atoms with Crippen LogP contribution >= 0.6 is 0 Å². The first-order valence-corrected chi connectivity index (χ1v) is 14.1. The Bertz CT molecular complexity index is 922. The van der Waals surface area contributed by atoms with Crippen molar-refractivity contribution < 1.29 is 25.2 Å². The van der Waals surface area contributed by atoms with Gasteiger partial charge in [0.2, 0.25) is 0 Å². The number of aldehydes is 1. The minimum atomic E-state index is -2.77. The summed E-state index contributed by atoms with van der Waals surface area (Å²) in [5.74, 6) is -1.44. The molecule has 0 aromatic heterocycles. The van der Waals surface area contributed by atoms with Gasteiger partial charge in [0.05, 0.1) is 11.5 Å². The molecule has 4 fully saturated rings. The molecule has 35 heavy (non-hydrogen) atoms. The van der Waals surface area contributed by atoms with Crippen molar-refractivity contribution in [3.05, 3.63) is 11.6 Å². The molecule has 0 aromatic carbocycles. The molecule has 4 N–H and O–H groups in total. The molecule has 5 heteroatoms. The van der Waals surface area contributed by atoms with Gasteiger partial charge >= 0.3 is 0 Å². The van der Waals surface area contributed by atoms with Crippen LogP contribution in [0.25, 0.3) is 0 Å². The zero-order valence-corrected chi connectivity index (χ0v) is 22.7. The van der Waals surface area contributed by atoms with E-state index < -0.39 is 22.9 Å². The zero-order valence-electron chi connectivity index (χ0n) is 22.7. The second-order valence-corrected chi connectivity index (χ2v) is 14.5. The first-order chi connectivity index (χ1) is 16.1. The average Bonchev–Trinajstić information content (AvgIpc) is 2.79. The Kier molecular flexibility index (Phi) is 5.65. The van der Waals surface area contributed by atoms with Gasteiger partial charge in [0, 0.05) is 10.8 Å². The maximum Gasteiger partial charge on any atom is 0.281 e. The van der Waals surface area contributed by atoms with Crippen LogP contribution in [0.15, 0.2) is 11.6 Å². The first kappa shape index (κ1) is 25.9. The standard InChI is InChI=1S/C30H48O5/c1-18-9-14-29(17-31)16-15-25(3)20(24(29)19(18)2)7-8-21-26(25,4)12-10-22-27(5,30(33,34)35)13-11-23(32)28(21,22)6/h7,17-19,21-24,32-35H,8-16H2,1-6H3/t18-,19+,21+,22+,23?,24+,25-,26-,27?,28-,29-/m1/s1. The quantitative estimate of drug-likeness (QED) is 0.254. The number of aliphatic hydroxyl groups is 4. The normalized spacial score (nSPS) is 56.1. The van der Waals surface area contributed by atoms with E-state index in [1.54, 1.807) is 6.92 Å². The van der Waals surface area contributed by atoms with E-state index in [1.807, 2.05) is 0 Å². The molecular weight excluding hydrogens is 440 g/mol. The predicted molar refractivity (Wildman–Crippen MR) is 135 cm³/mol. The van der Waals surface area contributed by atoms with Gasteiger partial charge in [-0.15, -0.1) is 0 Å². The number of hydrogen-bond acceptors (Lipinski definition) is 5. The molecule has 11 atom stereocenters. The summed E-state index contributed by atoms with van der Waals surface area (Å²) in [6, 6.07) is 0. The first-order valence-electron chi connectivity index (χ1n) is 14.1. The van der Waals surface area contributed by atoms with Gasteiger partial charge in [0.25, 0.3) is 5.97 Å². The Morgan fingerprint density at radius 2 is 1.60 bits per heavy atom. The van der Waals surface area contributed by atoms with E-state index in [0.29, 0.717) is 24.7 Å². The minimum Gasteiger partial charge on any atom is -0.393 e. The molecule has 0 saturated heterocycles. The SMILES string of the molecule is C[C@H]1[C@H](C)CC[C@]2(C=O)CC[C@]3(C)C(=CC[C@@H]4[C@@]5(C)C(O)CCC(C)(C(O)(O)O)[C@@H]5CC[C@]43C)[C@H]12. The van der Waals surface area contributed by atoms with Crippen LogP contribution in [0.4, 0.5) is 0 Å². The third-order valence-electron chi connectivity index (χ3n) is 13.7. The highest BCUT2D eigenvalue weighted by Crippen LogP contribution is 2.76. The summed E-state index contributed by atoms with van der Waals surface area (Å²) in [5.41, 5.74) is -0.497. The van der Waals surface area contributed by atoms with Gasteiger partial charge in [-0.25, -0.2) is 0 Å². The van der Waals surface area contributed by atoms with Gasteiger partial charge in [-0.05, 0) is 98.2 Å². The summed E-state index contributed by atoms with van der Waals surface area (Å²) in [4.78, 5) is 12.6. The molecule has 0 spiro atoms. The smallest absolute Gasteiger partial charge is 0.281 e. The van der Waals surface area contributed by atoms with Crippen molar-refractivity contribution in [3.8, 4) is 0 Å². The highest BCUT2D eigenvalue weighted by Gasteiger charge is 2.71. The van der Waals surface area contributed by atoms with E-state index in [9.17, 15) is 25.2 Å². The number of allylic oxidation sites excluding steroid dienone is 2. The molecule has 5 aliphatic rings. The molecule has 0 aromatic rings. The second-order valence-electron chi connectivity index (χ2n) is 14.5. The van der Waals surface area contributed by atoms with E-state index in [0.717, 1.165) is 44.9 Å². The molecule has 0 radical (unpaired) electrons. The third-order valence-corrected chi connectivity index (χ3v) is 13.7. The van der Waals surface area contributed by atoms with Crippen molar-refractivity contribution >= 4 is 6.29 Å². The van der Waals surface area contributed by atoms with Gasteiger partial charge in [0.15, 0.2) is 0 Å². The summed E-state index contributed by atoms with van der Waals surface area (Å²) in [6.07, 6.45) is 10.6. The van der Waals surface area contributed by atoms with Crippen LogP contribution in [0.3, 0.4) is 0 Å². The monoisotopic (exact) mass is 488 g/mol. The zero-order chi connectivity index (χ0) is 25.8. The highest BCUT2D eigenvalue weighted by atomic mass is 16.7. The fraction of sp³-hybridized carbons (Fsp3) is 0.900. The molecule has 5 nitrogen and oxygen atoms in total. The van der Waals surface area contributed by atoms with Gasteiger partial charge in [-0.2, -0.15) is 0 Å². The highest BCUT2D eigenvalue weighted by molar-refractivity contribution is 5.63. The fourth-order valence-corrected chi connectivity index (χ4v) is 10.8. The molecule has 0 bridgehead atoms. The lowest BCUT2D eigenvalue weighted by Gasteiger charge is -2.72. The van der Waals surface area contributed by atoms with Crippen LogP contribution in [0, 0.1) is 56.7 Å². The van der Waals surface area contributed by atoms with Gasteiger partial charge < -0.3 is 25.2 Å². The summed E-state index contributed by atoms with van der Waals surface area (Å²) in [5, 5.41) is 42.9. The van der Waals surface area contributed by atoms with Crippen LogP contribution in [0.2, 0.25) is 0 Å². The summed E-state index contributed by atoms with van der Waals surface area (Å²) in [7, 11) is 0. The largest absolute Gasteiger partial charge is 0.393 e. The van der Waals surface area contributed by atoms with Gasteiger partial charge in [0.1, 0.15) is 6.29 Å². The fourth-order valence-electron chi connectivity index (χ4n) is 10.8. The Morgan fingerprint density at radius 1 is 0.914 bits per heavy atom. The Labute approximate surface area is 211 Å². The lowest BCUT2D eigenvalue weighted by Crippen LogP contribution is -2.69. The summed E-state index contributed by atoms with van der Waals surface area (Å²) < 4.78 is 0. The molecule has 0 aliphatic heterocycles. The van der Waals surface area contributed by atoms with Crippen LogP contribution < -0.4 is 0 Å². The number of fused-ring (bicyclic) bond motifs is 7. The average molecular weight is 489 g/mol. The molecule has 198 valence electrons. The van der Waals surface area contributed by atoms with E-state index in [1.165, 1.54) is 11.9 Å². The molecular formula is C30H48O5. The van der Waals surface area contributed by atoms with Crippen molar-refractivity contribution in [2.24, 2.45) is 56.7 Å².